The van der Waals surface area contributed by atoms with E-state index in [-0.39, 0.29) is 17.6 Å². The molecule has 1 atom stereocenters. The van der Waals surface area contributed by atoms with E-state index in [0.717, 1.165) is 47.7 Å². The van der Waals surface area contributed by atoms with Crippen molar-refractivity contribution in [2.45, 2.75) is 36.2 Å². The number of thioether (sulfide) groups is 1. The maximum absolute atomic E-state index is 12.5. The van der Waals surface area contributed by atoms with Gasteiger partial charge in [0.2, 0.25) is 5.91 Å². The van der Waals surface area contributed by atoms with Gasteiger partial charge in [-0.3, -0.25) is 19.7 Å². The lowest BCUT2D eigenvalue weighted by molar-refractivity contribution is -0.128. The van der Waals surface area contributed by atoms with Crippen molar-refractivity contribution in [1.29, 1.82) is 0 Å². The minimum absolute atomic E-state index is 0.0797. The van der Waals surface area contributed by atoms with Crippen molar-refractivity contribution in [3.05, 3.63) is 46.9 Å². The molecule has 166 valence electrons. The smallest absolute Gasteiger partial charge is 0.355 e. The van der Waals surface area contributed by atoms with Gasteiger partial charge in [0.1, 0.15) is 0 Å². The molecule has 5 rings (SSSR count). The van der Waals surface area contributed by atoms with Crippen LogP contribution in [0.25, 0.3) is 10.9 Å². The molecule has 2 aliphatic rings. The minimum Gasteiger partial charge on any atom is -0.476 e. The summed E-state index contributed by atoms with van der Waals surface area (Å²) in [6.07, 6.45) is 6.03. The summed E-state index contributed by atoms with van der Waals surface area (Å²) in [5.74, 6) is -0.0943. The lowest BCUT2D eigenvalue weighted by atomic mass is 10.0. The molecule has 8 nitrogen and oxygen atoms in total. The van der Waals surface area contributed by atoms with Crippen LogP contribution in [-0.4, -0.2) is 73.2 Å². The van der Waals surface area contributed by atoms with Gasteiger partial charge in [-0.15, -0.1) is 11.3 Å². The number of thiazole rings is 1. The third kappa shape index (κ3) is 4.48. The Morgan fingerprint density at radius 3 is 3.06 bits per heavy atom. The first kappa shape index (κ1) is 21.3. The molecular weight excluding hydrogens is 446 g/mol. The maximum Gasteiger partial charge on any atom is 0.355 e. The fourth-order valence-corrected chi connectivity index (χ4v) is 6.24. The van der Waals surface area contributed by atoms with Crippen molar-refractivity contribution in [2.75, 3.05) is 25.4 Å². The molecule has 0 spiro atoms. The number of hydrogen-bond donors (Lipinski definition) is 1. The topological polar surface area (TPSA) is 99.5 Å². The summed E-state index contributed by atoms with van der Waals surface area (Å²) >= 11 is 2.84. The zero-order valence-electron chi connectivity index (χ0n) is 17.4. The first-order valence-corrected chi connectivity index (χ1v) is 12.5. The molecule has 5 heterocycles. The number of likely N-dealkylation sites (tertiary alicyclic amines) is 1. The van der Waals surface area contributed by atoms with Crippen LogP contribution in [0.1, 0.15) is 34.6 Å². The summed E-state index contributed by atoms with van der Waals surface area (Å²) < 4.78 is 0.729. The SMILES string of the molecule is O=C(O)c1csc(SCCN2C(=O)CC[C@@H]2CN2CCc3nc4ccncc4cc3C2)n1. The van der Waals surface area contributed by atoms with Gasteiger partial charge in [0.05, 0.1) is 5.52 Å². The first-order valence-electron chi connectivity index (χ1n) is 10.6. The van der Waals surface area contributed by atoms with Crippen molar-refractivity contribution in [1.82, 2.24) is 24.8 Å². The molecule has 1 saturated heterocycles. The van der Waals surface area contributed by atoms with Crippen LogP contribution < -0.4 is 0 Å². The van der Waals surface area contributed by atoms with E-state index in [1.54, 1.807) is 11.6 Å². The van der Waals surface area contributed by atoms with E-state index in [9.17, 15) is 9.59 Å². The third-order valence-electron chi connectivity index (χ3n) is 6.02. The predicted octanol–water partition coefficient (Wildman–Crippen LogP) is 2.93. The molecular formula is C22H23N5O3S2. The molecule has 1 amide bonds. The molecule has 10 heteroatoms. The van der Waals surface area contributed by atoms with Gasteiger partial charge >= 0.3 is 5.97 Å². The molecule has 32 heavy (non-hydrogen) atoms. The molecule has 0 radical (unpaired) electrons. The molecule has 0 bridgehead atoms. The fraction of sp³-hybridized carbons (Fsp3) is 0.409. The second-order valence-corrected chi connectivity index (χ2v) is 10.3. The van der Waals surface area contributed by atoms with Crippen LogP contribution in [-0.2, 0) is 17.8 Å². The van der Waals surface area contributed by atoms with Crippen LogP contribution in [0, 0.1) is 0 Å². The van der Waals surface area contributed by atoms with Crippen LogP contribution in [0.5, 0.6) is 0 Å². The van der Waals surface area contributed by atoms with Gasteiger partial charge in [-0.2, -0.15) is 0 Å². The minimum atomic E-state index is -1.01. The van der Waals surface area contributed by atoms with E-state index < -0.39 is 5.97 Å². The largest absolute Gasteiger partial charge is 0.476 e. The predicted molar refractivity (Wildman–Crippen MR) is 123 cm³/mol. The highest BCUT2D eigenvalue weighted by molar-refractivity contribution is 8.01. The van der Waals surface area contributed by atoms with Crippen molar-refractivity contribution >= 4 is 45.9 Å². The Labute approximate surface area is 193 Å². The zero-order chi connectivity index (χ0) is 22.1. The Morgan fingerprint density at radius 1 is 1.31 bits per heavy atom. The van der Waals surface area contributed by atoms with Crippen molar-refractivity contribution < 1.29 is 14.7 Å². The van der Waals surface area contributed by atoms with E-state index >= 15 is 0 Å². The average molecular weight is 470 g/mol. The molecule has 2 aliphatic heterocycles. The van der Waals surface area contributed by atoms with E-state index in [4.69, 9.17) is 10.1 Å². The van der Waals surface area contributed by atoms with Crippen LogP contribution >= 0.6 is 23.1 Å². The molecule has 0 unspecified atom stereocenters. The Bertz CT molecular complexity index is 1170. The van der Waals surface area contributed by atoms with Gasteiger partial charge < -0.3 is 10.0 Å². The number of carbonyl (C=O) groups is 2. The lowest BCUT2D eigenvalue weighted by Crippen LogP contribution is -2.44. The Morgan fingerprint density at radius 2 is 2.22 bits per heavy atom. The zero-order valence-corrected chi connectivity index (χ0v) is 19.1. The molecule has 1 fully saturated rings. The normalized spacial score (nSPS) is 18.9. The number of hydrogen-bond acceptors (Lipinski definition) is 8. The second-order valence-electron chi connectivity index (χ2n) is 8.08. The highest BCUT2D eigenvalue weighted by Crippen LogP contribution is 2.27. The van der Waals surface area contributed by atoms with Gasteiger partial charge in [0.15, 0.2) is 10.0 Å². The number of aromatic carboxylic acids is 1. The van der Waals surface area contributed by atoms with E-state index in [2.05, 4.69) is 20.9 Å². The standard InChI is InChI=1S/C22H23N5O3S2/c28-20-2-1-16(27(20)7-8-31-22-25-19(13-32-22)21(29)30)12-26-6-4-18-15(11-26)9-14-10-23-5-3-17(14)24-18/h3,5,9-10,13,16H,1-2,4,6-8,11-12H2,(H,29,30)/t16-/m1/s1. The van der Waals surface area contributed by atoms with Crippen molar-refractivity contribution in [3.8, 4) is 0 Å². The van der Waals surface area contributed by atoms with Crippen LogP contribution in [0.15, 0.2) is 34.2 Å². The third-order valence-corrected chi connectivity index (χ3v) is 8.03. The Balaban J connectivity index is 1.19. The number of amides is 1. The number of aromatic nitrogens is 3. The molecule has 0 saturated carbocycles. The monoisotopic (exact) mass is 469 g/mol. The number of nitrogens with zero attached hydrogens (tertiary/aromatic N) is 5. The Hall–Kier alpha value is -2.56. The highest BCUT2D eigenvalue weighted by atomic mass is 32.2. The van der Waals surface area contributed by atoms with Crippen molar-refractivity contribution in [3.63, 3.8) is 0 Å². The summed E-state index contributed by atoms with van der Waals surface area (Å²) in [4.78, 5) is 41.0. The summed E-state index contributed by atoms with van der Waals surface area (Å²) in [5, 5.41) is 11.6. The highest BCUT2D eigenvalue weighted by Gasteiger charge is 2.32. The Kier molecular flexibility index (Phi) is 6.07. The fourth-order valence-electron chi connectivity index (χ4n) is 4.44. The van der Waals surface area contributed by atoms with Crippen LogP contribution in [0.4, 0.5) is 0 Å². The van der Waals surface area contributed by atoms with Crippen LogP contribution in [0.3, 0.4) is 0 Å². The maximum atomic E-state index is 12.5. The van der Waals surface area contributed by atoms with E-state index in [1.165, 1.54) is 34.4 Å². The molecule has 0 aromatic carbocycles. The summed E-state index contributed by atoms with van der Waals surface area (Å²) in [6.45, 7) is 3.30. The molecule has 0 aliphatic carbocycles. The number of carboxylic acid groups (broad SMARTS) is 1. The quantitative estimate of drug-likeness (QED) is 0.528. The van der Waals surface area contributed by atoms with Gasteiger partial charge in [-0.25, -0.2) is 9.78 Å². The van der Waals surface area contributed by atoms with E-state index in [1.807, 2.05) is 17.2 Å². The number of carboxylic acids is 1. The lowest BCUT2D eigenvalue weighted by Gasteiger charge is -2.33. The first-order chi connectivity index (χ1) is 15.6. The second kappa shape index (κ2) is 9.13. The van der Waals surface area contributed by atoms with Gasteiger partial charge in [-0.1, -0.05) is 11.8 Å². The number of fused-ring (bicyclic) bond motifs is 2. The van der Waals surface area contributed by atoms with Gasteiger partial charge in [-0.05, 0) is 24.1 Å². The number of carbonyl (C=O) groups excluding carboxylic acids is 1. The van der Waals surface area contributed by atoms with Crippen LogP contribution in [0.2, 0.25) is 0 Å². The van der Waals surface area contributed by atoms with Gasteiger partial charge in [0, 0.05) is 79.7 Å². The van der Waals surface area contributed by atoms with Gasteiger partial charge in [0.25, 0.3) is 0 Å². The molecule has 3 aromatic rings. The summed E-state index contributed by atoms with van der Waals surface area (Å²) in [6, 6.07) is 4.37. The average Bonchev–Trinajstić information content (AvgIpc) is 3.40. The molecule has 3 aromatic heterocycles. The van der Waals surface area contributed by atoms with Crippen molar-refractivity contribution in [2.24, 2.45) is 0 Å². The number of pyridine rings is 2. The summed E-state index contributed by atoms with van der Waals surface area (Å²) in [5.41, 5.74) is 3.49. The molecule has 1 N–H and O–H groups in total. The summed E-state index contributed by atoms with van der Waals surface area (Å²) in [7, 11) is 0. The number of rotatable bonds is 7. The van der Waals surface area contributed by atoms with E-state index in [0.29, 0.717) is 18.7 Å².